The molecule has 4 nitrogen and oxygen atoms in total. The Morgan fingerprint density at radius 1 is 1.41 bits per heavy atom. The van der Waals surface area contributed by atoms with E-state index in [9.17, 15) is 13.6 Å². The minimum Gasteiger partial charge on any atom is -0.399 e. The smallest absolute Gasteiger partial charge is 0.319 e. The average molecular weight is 241 g/mol. The highest BCUT2D eigenvalue weighted by Gasteiger charge is 2.45. The van der Waals surface area contributed by atoms with Gasteiger partial charge in [-0.3, -0.25) is 0 Å². The molecule has 0 bridgehead atoms. The van der Waals surface area contributed by atoms with Gasteiger partial charge >= 0.3 is 6.03 Å². The molecule has 1 fully saturated rings. The van der Waals surface area contributed by atoms with E-state index in [0.717, 1.165) is 0 Å². The Bertz CT molecular complexity index is 428. The van der Waals surface area contributed by atoms with Gasteiger partial charge in [-0.05, 0) is 18.2 Å². The van der Waals surface area contributed by atoms with E-state index in [0.29, 0.717) is 11.4 Å². The van der Waals surface area contributed by atoms with E-state index in [-0.39, 0.29) is 12.8 Å². The highest BCUT2D eigenvalue weighted by Crippen LogP contribution is 2.37. The Kier molecular flexibility index (Phi) is 2.87. The van der Waals surface area contributed by atoms with Crippen molar-refractivity contribution in [3.8, 4) is 0 Å². The van der Waals surface area contributed by atoms with Crippen molar-refractivity contribution in [2.24, 2.45) is 0 Å². The number of nitrogen functional groups attached to an aromatic ring is 1. The first-order chi connectivity index (χ1) is 7.94. The molecule has 0 atom stereocenters. The van der Waals surface area contributed by atoms with Gasteiger partial charge in [0, 0.05) is 30.3 Å². The van der Waals surface area contributed by atoms with Crippen molar-refractivity contribution < 1.29 is 13.6 Å². The fourth-order valence-electron chi connectivity index (χ4n) is 1.73. The lowest BCUT2D eigenvalue weighted by molar-refractivity contribution is -0.0893. The van der Waals surface area contributed by atoms with Gasteiger partial charge in [-0.1, -0.05) is 6.07 Å². The summed E-state index contributed by atoms with van der Waals surface area (Å²) in [5.74, 6) is -2.63. The average Bonchev–Trinajstić information content (AvgIpc) is 2.14. The normalized spacial score (nSPS) is 18.2. The number of rotatable bonds is 2. The van der Waals surface area contributed by atoms with Gasteiger partial charge in [-0.15, -0.1) is 0 Å². The van der Waals surface area contributed by atoms with E-state index >= 15 is 0 Å². The standard InChI is InChI=1S/C11H13F2N3O/c12-11(13)5-9(6-11)16-10(17)15-8-3-1-2-7(14)4-8/h1-4,9H,5-6,14H2,(H2,15,16,17). The minimum atomic E-state index is -2.63. The second kappa shape index (κ2) is 4.20. The lowest BCUT2D eigenvalue weighted by Gasteiger charge is -2.35. The molecule has 0 heterocycles. The summed E-state index contributed by atoms with van der Waals surface area (Å²) in [6.07, 6.45) is -0.589. The number of anilines is 2. The quantitative estimate of drug-likeness (QED) is 0.695. The Balaban J connectivity index is 1.82. The van der Waals surface area contributed by atoms with Crippen LogP contribution in [0.25, 0.3) is 0 Å². The fraction of sp³-hybridized carbons (Fsp3) is 0.364. The summed E-state index contributed by atoms with van der Waals surface area (Å²) >= 11 is 0. The van der Waals surface area contributed by atoms with Crippen LogP contribution in [0.1, 0.15) is 12.8 Å². The Morgan fingerprint density at radius 2 is 2.12 bits per heavy atom. The van der Waals surface area contributed by atoms with E-state index < -0.39 is 18.0 Å². The van der Waals surface area contributed by atoms with Gasteiger partial charge in [0.05, 0.1) is 0 Å². The summed E-state index contributed by atoms with van der Waals surface area (Å²) in [6.45, 7) is 0. The highest BCUT2D eigenvalue weighted by molar-refractivity contribution is 5.90. The predicted octanol–water partition coefficient (Wildman–Crippen LogP) is 2.19. The third-order valence-corrected chi connectivity index (χ3v) is 2.57. The molecule has 2 rings (SSSR count). The number of alkyl halides is 2. The molecule has 0 unspecified atom stereocenters. The van der Waals surface area contributed by atoms with Crippen LogP contribution in [-0.4, -0.2) is 18.0 Å². The molecule has 1 aliphatic carbocycles. The lowest BCUT2D eigenvalue weighted by Crippen LogP contribution is -2.51. The summed E-state index contributed by atoms with van der Waals surface area (Å²) in [6, 6.07) is 5.71. The van der Waals surface area contributed by atoms with Crippen LogP contribution < -0.4 is 16.4 Å². The highest BCUT2D eigenvalue weighted by atomic mass is 19.3. The fourth-order valence-corrected chi connectivity index (χ4v) is 1.73. The number of hydrogen-bond acceptors (Lipinski definition) is 2. The monoisotopic (exact) mass is 241 g/mol. The first-order valence-corrected chi connectivity index (χ1v) is 5.25. The number of carbonyl (C=O) groups is 1. The van der Waals surface area contributed by atoms with Crippen LogP contribution in [0.4, 0.5) is 25.0 Å². The maximum atomic E-state index is 12.5. The zero-order chi connectivity index (χ0) is 12.5. The topological polar surface area (TPSA) is 67.1 Å². The van der Waals surface area contributed by atoms with E-state index in [4.69, 9.17) is 5.73 Å². The molecular formula is C11H13F2N3O. The van der Waals surface area contributed by atoms with E-state index in [2.05, 4.69) is 10.6 Å². The van der Waals surface area contributed by atoms with Crippen molar-refractivity contribution >= 4 is 17.4 Å². The van der Waals surface area contributed by atoms with Crippen LogP contribution in [0.5, 0.6) is 0 Å². The summed E-state index contributed by atoms with van der Waals surface area (Å²) in [7, 11) is 0. The van der Waals surface area contributed by atoms with E-state index in [1.165, 1.54) is 0 Å². The summed E-state index contributed by atoms with van der Waals surface area (Å²) in [5, 5.41) is 5.00. The molecule has 0 radical (unpaired) electrons. The molecule has 2 amide bonds. The van der Waals surface area contributed by atoms with Gasteiger partial charge in [-0.25, -0.2) is 13.6 Å². The van der Waals surface area contributed by atoms with Crippen LogP contribution in [0.2, 0.25) is 0 Å². The molecule has 0 aliphatic heterocycles. The van der Waals surface area contributed by atoms with Gasteiger partial charge in [0.15, 0.2) is 0 Å². The van der Waals surface area contributed by atoms with E-state index in [1.54, 1.807) is 24.3 Å². The number of hydrogen-bond donors (Lipinski definition) is 3. The molecule has 92 valence electrons. The third kappa shape index (κ3) is 3.05. The summed E-state index contributed by atoms with van der Waals surface area (Å²) < 4.78 is 25.1. The molecule has 0 spiro atoms. The van der Waals surface area contributed by atoms with Gasteiger partial charge in [-0.2, -0.15) is 0 Å². The number of nitrogens with two attached hydrogens (primary N) is 1. The van der Waals surface area contributed by atoms with Crippen molar-refractivity contribution in [3.05, 3.63) is 24.3 Å². The van der Waals surface area contributed by atoms with Gasteiger partial charge in [0.25, 0.3) is 5.92 Å². The number of benzene rings is 1. The minimum absolute atomic E-state index is 0.294. The number of halogens is 2. The second-order valence-corrected chi connectivity index (χ2v) is 4.19. The molecular weight excluding hydrogens is 228 g/mol. The van der Waals surface area contributed by atoms with Crippen molar-refractivity contribution in [1.82, 2.24) is 5.32 Å². The molecule has 1 saturated carbocycles. The maximum Gasteiger partial charge on any atom is 0.319 e. The Labute approximate surface area is 97.2 Å². The van der Waals surface area contributed by atoms with Gasteiger partial charge in [0.1, 0.15) is 0 Å². The van der Waals surface area contributed by atoms with Crippen LogP contribution >= 0.6 is 0 Å². The number of urea groups is 1. The van der Waals surface area contributed by atoms with Crippen molar-refractivity contribution in [1.29, 1.82) is 0 Å². The number of amides is 2. The number of carbonyl (C=O) groups excluding carboxylic acids is 1. The van der Waals surface area contributed by atoms with Crippen LogP contribution in [0.3, 0.4) is 0 Å². The first kappa shape index (κ1) is 11.6. The lowest BCUT2D eigenvalue weighted by atomic mass is 9.88. The van der Waals surface area contributed by atoms with Crippen molar-refractivity contribution in [2.45, 2.75) is 24.8 Å². The van der Waals surface area contributed by atoms with Crippen LogP contribution in [0, 0.1) is 0 Å². The zero-order valence-corrected chi connectivity index (χ0v) is 9.04. The second-order valence-electron chi connectivity index (χ2n) is 4.19. The van der Waals surface area contributed by atoms with Gasteiger partial charge in [0.2, 0.25) is 0 Å². The number of nitrogens with one attached hydrogen (secondary N) is 2. The largest absolute Gasteiger partial charge is 0.399 e. The summed E-state index contributed by atoms with van der Waals surface area (Å²) in [5.41, 5.74) is 6.60. The van der Waals surface area contributed by atoms with Crippen LogP contribution in [0.15, 0.2) is 24.3 Å². The molecule has 0 aromatic heterocycles. The molecule has 4 N–H and O–H groups in total. The maximum absolute atomic E-state index is 12.5. The third-order valence-electron chi connectivity index (χ3n) is 2.57. The van der Waals surface area contributed by atoms with Crippen molar-refractivity contribution in [3.63, 3.8) is 0 Å². The van der Waals surface area contributed by atoms with Crippen LogP contribution in [-0.2, 0) is 0 Å². The predicted molar refractivity (Wildman–Crippen MR) is 61.0 cm³/mol. The SMILES string of the molecule is Nc1cccc(NC(=O)NC2CC(F)(F)C2)c1. The Morgan fingerprint density at radius 3 is 2.71 bits per heavy atom. The molecule has 1 aromatic rings. The summed E-state index contributed by atoms with van der Waals surface area (Å²) in [4.78, 5) is 11.4. The van der Waals surface area contributed by atoms with Gasteiger partial charge < -0.3 is 16.4 Å². The molecule has 1 aromatic carbocycles. The zero-order valence-electron chi connectivity index (χ0n) is 9.04. The molecule has 17 heavy (non-hydrogen) atoms. The van der Waals surface area contributed by atoms with E-state index in [1.807, 2.05) is 0 Å². The molecule has 1 aliphatic rings. The molecule has 6 heteroatoms. The first-order valence-electron chi connectivity index (χ1n) is 5.25. The molecule has 0 saturated heterocycles. The van der Waals surface area contributed by atoms with Crippen molar-refractivity contribution in [2.75, 3.05) is 11.1 Å². The Hall–Kier alpha value is -1.85.